The first-order chi connectivity index (χ1) is 11.8. The van der Waals surface area contributed by atoms with Gasteiger partial charge in [0.1, 0.15) is 0 Å². The van der Waals surface area contributed by atoms with E-state index in [4.69, 9.17) is 0 Å². The van der Waals surface area contributed by atoms with E-state index in [0.29, 0.717) is 0 Å². The Balaban J connectivity index is 1.61. The predicted octanol–water partition coefficient (Wildman–Crippen LogP) is 4.25. The molecule has 0 bridgehead atoms. The van der Waals surface area contributed by atoms with E-state index >= 15 is 0 Å². The summed E-state index contributed by atoms with van der Waals surface area (Å²) >= 11 is 0. The van der Waals surface area contributed by atoms with Crippen LogP contribution in [0.5, 0.6) is 0 Å². The Morgan fingerprint density at radius 3 is 2.42 bits per heavy atom. The summed E-state index contributed by atoms with van der Waals surface area (Å²) in [5.74, 6) is 0.183. The van der Waals surface area contributed by atoms with Crippen LogP contribution < -0.4 is 0 Å². The van der Waals surface area contributed by atoms with Gasteiger partial charge in [0.25, 0.3) is 0 Å². The second kappa shape index (κ2) is 11.0. The van der Waals surface area contributed by atoms with Crippen LogP contribution in [0.15, 0.2) is 42.5 Å². The zero-order valence-electron chi connectivity index (χ0n) is 15.1. The summed E-state index contributed by atoms with van der Waals surface area (Å²) in [4.78, 5) is 16.6. The van der Waals surface area contributed by atoms with Gasteiger partial charge < -0.3 is 4.90 Å². The maximum absolute atomic E-state index is 12.2. The molecule has 1 aliphatic rings. The van der Waals surface area contributed by atoms with Gasteiger partial charge in [-0.25, -0.2) is 0 Å². The highest BCUT2D eigenvalue weighted by Gasteiger charge is 2.19. The molecule has 3 nitrogen and oxygen atoms in total. The van der Waals surface area contributed by atoms with Gasteiger partial charge in [0, 0.05) is 32.7 Å². The molecule has 0 saturated carbocycles. The van der Waals surface area contributed by atoms with Crippen molar-refractivity contribution in [3.63, 3.8) is 0 Å². The summed E-state index contributed by atoms with van der Waals surface area (Å²) in [7, 11) is 0. The lowest BCUT2D eigenvalue weighted by atomic mass is 10.1. The van der Waals surface area contributed by atoms with Gasteiger partial charge in [-0.1, -0.05) is 69.0 Å². The smallest absolute Gasteiger partial charge is 0.246 e. The summed E-state index contributed by atoms with van der Waals surface area (Å²) < 4.78 is 0. The van der Waals surface area contributed by atoms with Crippen molar-refractivity contribution in [3.05, 3.63) is 48.0 Å². The number of amides is 1. The Morgan fingerprint density at radius 2 is 1.71 bits per heavy atom. The lowest BCUT2D eigenvalue weighted by Gasteiger charge is -2.34. The molecule has 1 saturated heterocycles. The van der Waals surface area contributed by atoms with Crippen molar-refractivity contribution < 1.29 is 4.79 Å². The van der Waals surface area contributed by atoms with E-state index in [9.17, 15) is 4.79 Å². The van der Waals surface area contributed by atoms with E-state index in [2.05, 4.69) is 48.2 Å². The van der Waals surface area contributed by atoms with Crippen LogP contribution in [0.2, 0.25) is 0 Å². The molecule has 24 heavy (non-hydrogen) atoms. The molecule has 1 fully saturated rings. The molecule has 1 heterocycles. The van der Waals surface area contributed by atoms with Crippen LogP contribution in [-0.4, -0.2) is 41.9 Å². The maximum Gasteiger partial charge on any atom is 0.246 e. The molecular weight excluding hydrogens is 296 g/mol. The molecule has 0 N–H and O–H groups in total. The number of allylic oxidation sites excluding steroid dienone is 1. The van der Waals surface area contributed by atoms with Crippen molar-refractivity contribution in [1.82, 2.24) is 9.80 Å². The predicted molar refractivity (Wildman–Crippen MR) is 101 cm³/mol. The molecule has 132 valence electrons. The fraction of sp³-hybridized carbons (Fsp3) is 0.571. The van der Waals surface area contributed by atoms with E-state index in [1.165, 1.54) is 37.7 Å². The van der Waals surface area contributed by atoms with E-state index < -0.39 is 0 Å². The first-order valence-electron chi connectivity index (χ1n) is 9.51. The van der Waals surface area contributed by atoms with Crippen LogP contribution in [0.1, 0.15) is 51.0 Å². The fourth-order valence-electron chi connectivity index (χ4n) is 3.12. The molecule has 0 atom stereocenters. The van der Waals surface area contributed by atoms with E-state index in [0.717, 1.165) is 39.1 Å². The standard InChI is InChI=1S/C21H32N2O/c1-2-3-4-5-6-7-11-14-21(24)23-17-15-22(16-18-23)19-20-12-9-8-10-13-20/h8-14H,2-7,15-19H2,1H3. The monoisotopic (exact) mass is 328 g/mol. The van der Waals surface area contributed by atoms with E-state index in [1.54, 1.807) is 6.08 Å². The molecule has 0 radical (unpaired) electrons. The van der Waals surface area contributed by atoms with Crippen molar-refractivity contribution in [3.8, 4) is 0 Å². The Kier molecular flexibility index (Phi) is 8.61. The molecule has 1 aromatic carbocycles. The van der Waals surface area contributed by atoms with Gasteiger partial charge in [-0.2, -0.15) is 0 Å². The van der Waals surface area contributed by atoms with Crippen LogP contribution in [0.3, 0.4) is 0 Å². The second-order valence-corrected chi connectivity index (χ2v) is 6.69. The van der Waals surface area contributed by atoms with Crippen molar-refractivity contribution in [2.45, 2.75) is 52.0 Å². The number of hydrogen-bond donors (Lipinski definition) is 0. The summed E-state index contributed by atoms with van der Waals surface area (Å²) in [6.45, 7) is 6.82. The van der Waals surface area contributed by atoms with Crippen molar-refractivity contribution >= 4 is 5.91 Å². The SMILES string of the molecule is CCCCCCCC=CC(=O)N1CCN(Cc2ccccc2)CC1. The lowest BCUT2D eigenvalue weighted by molar-refractivity contribution is -0.127. The van der Waals surface area contributed by atoms with Crippen LogP contribution >= 0.6 is 0 Å². The molecule has 2 rings (SSSR count). The molecule has 0 aliphatic carbocycles. The average Bonchev–Trinajstić information content (AvgIpc) is 2.62. The maximum atomic E-state index is 12.2. The highest BCUT2D eigenvalue weighted by atomic mass is 16.2. The fourth-order valence-corrected chi connectivity index (χ4v) is 3.12. The van der Waals surface area contributed by atoms with Gasteiger partial charge in [-0.3, -0.25) is 9.69 Å². The van der Waals surface area contributed by atoms with Crippen molar-refractivity contribution in [2.24, 2.45) is 0 Å². The number of carbonyl (C=O) groups is 1. The Labute approximate surface area is 147 Å². The zero-order valence-corrected chi connectivity index (χ0v) is 15.1. The quantitative estimate of drug-likeness (QED) is 0.500. The highest BCUT2D eigenvalue weighted by Crippen LogP contribution is 2.09. The third-order valence-electron chi connectivity index (χ3n) is 4.67. The molecule has 3 heteroatoms. The van der Waals surface area contributed by atoms with Gasteiger partial charge in [0.15, 0.2) is 0 Å². The molecule has 1 amide bonds. The summed E-state index contributed by atoms with van der Waals surface area (Å²) in [6, 6.07) is 10.6. The van der Waals surface area contributed by atoms with Gasteiger partial charge >= 0.3 is 0 Å². The highest BCUT2D eigenvalue weighted by molar-refractivity contribution is 5.87. The number of unbranched alkanes of at least 4 members (excludes halogenated alkanes) is 5. The third kappa shape index (κ3) is 6.88. The number of benzene rings is 1. The Hall–Kier alpha value is -1.61. The third-order valence-corrected chi connectivity index (χ3v) is 4.67. The average molecular weight is 329 g/mol. The van der Waals surface area contributed by atoms with Gasteiger partial charge in [-0.05, 0) is 24.5 Å². The number of rotatable bonds is 9. The van der Waals surface area contributed by atoms with Crippen LogP contribution in [0.4, 0.5) is 0 Å². The molecular formula is C21H32N2O. The Bertz CT molecular complexity index is 490. The number of nitrogens with zero attached hydrogens (tertiary/aromatic N) is 2. The normalized spacial score (nSPS) is 16.0. The number of hydrogen-bond acceptors (Lipinski definition) is 2. The minimum atomic E-state index is 0.183. The first kappa shape index (κ1) is 18.7. The molecule has 1 aromatic rings. The number of carbonyl (C=O) groups excluding carboxylic acids is 1. The number of piperazine rings is 1. The van der Waals surface area contributed by atoms with Crippen molar-refractivity contribution in [1.29, 1.82) is 0 Å². The minimum absolute atomic E-state index is 0.183. The second-order valence-electron chi connectivity index (χ2n) is 6.69. The van der Waals surface area contributed by atoms with Crippen LogP contribution in [0, 0.1) is 0 Å². The summed E-state index contributed by atoms with van der Waals surface area (Å²) in [6.07, 6.45) is 11.3. The molecule has 1 aliphatic heterocycles. The molecule has 0 aromatic heterocycles. The van der Waals surface area contributed by atoms with Crippen molar-refractivity contribution in [2.75, 3.05) is 26.2 Å². The van der Waals surface area contributed by atoms with Gasteiger partial charge in [0.2, 0.25) is 5.91 Å². The van der Waals surface area contributed by atoms with Crippen LogP contribution in [0.25, 0.3) is 0 Å². The summed E-state index contributed by atoms with van der Waals surface area (Å²) in [5, 5.41) is 0. The Morgan fingerprint density at radius 1 is 1.00 bits per heavy atom. The van der Waals surface area contributed by atoms with Gasteiger partial charge in [-0.15, -0.1) is 0 Å². The largest absolute Gasteiger partial charge is 0.337 e. The molecule has 0 unspecified atom stereocenters. The van der Waals surface area contributed by atoms with Crippen LogP contribution in [-0.2, 0) is 11.3 Å². The van der Waals surface area contributed by atoms with Gasteiger partial charge in [0.05, 0.1) is 0 Å². The van der Waals surface area contributed by atoms with E-state index in [1.807, 2.05) is 4.90 Å². The first-order valence-corrected chi connectivity index (χ1v) is 9.51. The molecule has 0 spiro atoms. The topological polar surface area (TPSA) is 23.6 Å². The zero-order chi connectivity index (χ0) is 17.0. The summed E-state index contributed by atoms with van der Waals surface area (Å²) in [5.41, 5.74) is 1.35. The lowest BCUT2D eigenvalue weighted by Crippen LogP contribution is -2.47. The van der Waals surface area contributed by atoms with E-state index in [-0.39, 0.29) is 5.91 Å². The minimum Gasteiger partial charge on any atom is -0.337 e.